The van der Waals surface area contributed by atoms with Crippen molar-refractivity contribution in [1.82, 2.24) is 14.7 Å². The standard InChI is InChI=1S/C16H29N3O2/c1-13(20)18-11-15-10-17(14-4-8-21-9-5-14)6-7-19(15)16(2,3)12-18/h14-15H,4-12H2,1-3H3. The van der Waals surface area contributed by atoms with Gasteiger partial charge in [0, 0.05) is 70.5 Å². The summed E-state index contributed by atoms with van der Waals surface area (Å²) < 4.78 is 5.49. The second kappa shape index (κ2) is 5.86. The highest BCUT2D eigenvalue weighted by molar-refractivity contribution is 5.73. The Kier molecular flexibility index (Phi) is 4.26. The summed E-state index contributed by atoms with van der Waals surface area (Å²) >= 11 is 0. The molecule has 1 unspecified atom stereocenters. The van der Waals surface area contributed by atoms with Crippen LogP contribution in [-0.2, 0) is 9.53 Å². The van der Waals surface area contributed by atoms with Crippen molar-refractivity contribution in [3.05, 3.63) is 0 Å². The van der Waals surface area contributed by atoms with Crippen molar-refractivity contribution in [3.63, 3.8) is 0 Å². The van der Waals surface area contributed by atoms with Crippen LogP contribution in [-0.4, -0.2) is 84.2 Å². The third kappa shape index (κ3) is 3.10. The fourth-order valence-electron chi connectivity index (χ4n) is 4.33. The molecule has 3 heterocycles. The number of hydrogen-bond acceptors (Lipinski definition) is 4. The van der Waals surface area contributed by atoms with Gasteiger partial charge in [0.2, 0.25) is 5.91 Å². The SMILES string of the molecule is CC(=O)N1CC2CN(C3CCOCC3)CCN2C(C)(C)C1. The Morgan fingerprint density at radius 1 is 1.10 bits per heavy atom. The van der Waals surface area contributed by atoms with Crippen LogP contribution >= 0.6 is 0 Å². The number of amides is 1. The Hall–Kier alpha value is -0.650. The minimum atomic E-state index is 0.0936. The fraction of sp³-hybridized carbons (Fsp3) is 0.938. The molecule has 0 aromatic carbocycles. The predicted octanol–water partition coefficient (Wildman–Crippen LogP) is 0.792. The molecule has 3 saturated heterocycles. The van der Waals surface area contributed by atoms with Gasteiger partial charge in [-0.3, -0.25) is 14.6 Å². The first-order valence-corrected chi connectivity index (χ1v) is 8.31. The highest BCUT2D eigenvalue weighted by atomic mass is 16.5. The first kappa shape index (κ1) is 15.3. The summed E-state index contributed by atoms with van der Waals surface area (Å²) in [6.07, 6.45) is 2.32. The van der Waals surface area contributed by atoms with E-state index in [1.54, 1.807) is 6.92 Å². The molecule has 120 valence electrons. The lowest BCUT2D eigenvalue weighted by Crippen LogP contribution is -2.71. The van der Waals surface area contributed by atoms with Crippen molar-refractivity contribution in [2.45, 2.75) is 51.2 Å². The zero-order valence-corrected chi connectivity index (χ0v) is 13.7. The molecule has 0 bridgehead atoms. The molecular weight excluding hydrogens is 266 g/mol. The number of rotatable bonds is 1. The van der Waals surface area contributed by atoms with E-state index in [0.717, 1.165) is 58.8 Å². The summed E-state index contributed by atoms with van der Waals surface area (Å²) in [6.45, 7) is 13.2. The molecule has 0 saturated carbocycles. The van der Waals surface area contributed by atoms with E-state index in [-0.39, 0.29) is 11.4 Å². The van der Waals surface area contributed by atoms with Crippen LogP contribution < -0.4 is 0 Å². The molecule has 3 fully saturated rings. The molecule has 0 aromatic rings. The van der Waals surface area contributed by atoms with E-state index in [4.69, 9.17) is 4.74 Å². The van der Waals surface area contributed by atoms with Crippen molar-refractivity contribution in [2.75, 3.05) is 45.9 Å². The highest BCUT2D eigenvalue weighted by Crippen LogP contribution is 2.29. The zero-order chi connectivity index (χ0) is 15.0. The van der Waals surface area contributed by atoms with Crippen LogP contribution in [0.15, 0.2) is 0 Å². The minimum Gasteiger partial charge on any atom is -0.381 e. The third-order valence-electron chi connectivity index (χ3n) is 5.45. The van der Waals surface area contributed by atoms with Gasteiger partial charge >= 0.3 is 0 Å². The molecule has 3 aliphatic rings. The van der Waals surface area contributed by atoms with Gasteiger partial charge in [0.25, 0.3) is 0 Å². The van der Waals surface area contributed by atoms with Crippen molar-refractivity contribution < 1.29 is 9.53 Å². The van der Waals surface area contributed by atoms with Gasteiger partial charge in [-0.25, -0.2) is 0 Å². The average Bonchev–Trinajstić information content (AvgIpc) is 2.46. The molecule has 0 aromatic heterocycles. The molecule has 0 radical (unpaired) electrons. The molecule has 5 heteroatoms. The van der Waals surface area contributed by atoms with Crippen LogP contribution in [0, 0.1) is 0 Å². The molecule has 3 aliphatic heterocycles. The molecular formula is C16H29N3O2. The Bertz CT molecular complexity index is 393. The normalized spacial score (nSPS) is 32.0. The molecule has 5 nitrogen and oxygen atoms in total. The predicted molar refractivity (Wildman–Crippen MR) is 82.2 cm³/mol. The minimum absolute atomic E-state index is 0.0936. The maximum atomic E-state index is 11.8. The van der Waals surface area contributed by atoms with Crippen molar-refractivity contribution in [2.24, 2.45) is 0 Å². The maximum absolute atomic E-state index is 11.8. The van der Waals surface area contributed by atoms with Gasteiger partial charge < -0.3 is 9.64 Å². The molecule has 0 aliphatic carbocycles. The number of ether oxygens (including phenoxy) is 1. The van der Waals surface area contributed by atoms with E-state index in [2.05, 4.69) is 23.6 Å². The van der Waals surface area contributed by atoms with Crippen LogP contribution in [0.25, 0.3) is 0 Å². The van der Waals surface area contributed by atoms with E-state index in [0.29, 0.717) is 12.1 Å². The van der Waals surface area contributed by atoms with Crippen LogP contribution in [0.3, 0.4) is 0 Å². The van der Waals surface area contributed by atoms with Gasteiger partial charge in [-0.1, -0.05) is 0 Å². The average molecular weight is 295 g/mol. The van der Waals surface area contributed by atoms with Gasteiger partial charge in [0.05, 0.1) is 0 Å². The van der Waals surface area contributed by atoms with Crippen molar-refractivity contribution >= 4 is 5.91 Å². The molecule has 0 spiro atoms. The van der Waals surface area contributed by atoms with Crippen LogP contribution in [0.1, 0.15) is 33.6 Å². The number of carbonyl (C=O) groups excluding carboxylic acids is 1. The summed E-state index contributed by atoms with van der Waals surface area (Å²) in [5.74, 6) is 0.214. The van der Waals surface area contributed by atoms with Crippen LogP contribution in [0.4, 0.5) is 0 Å². The lowest BCUT2D eigenvalue weighted by molar-refractivity contribution is -0.140. The van der Waals surface area contributed by atoms with Crippen molar-refractivity contribution in [1.29, 1.82) is 0 Å². The molecule has 21 heavy (non-hydrogen) atoms. The molecule has 1 amide bonds. The van der Waals surface area contributed by atoms with E-state index >= 15 is 0 Å². The quantitative estimate of drug-likeness (QED) is 0.717. The number of nitrogens with zero attached hydrogens (tertiary/aromatic N) is 3. The second-order valence-electron chi connectivity index (χ2n) is 7.40. The van der Waals surface area contributed by atoms with E-state index in [1.165, 1.54) is 0 Å². The summed E-state index contributed by atoms with van der Waals surface area (Å²) in [4.78, 5) is 19.1. The summed E-state index contributed by atoms with van der Waals surface area (Å²) in [5, 5.41) is 0. The van der Waals surface area contributed by atoms with Gasteiger partial charge in [0.15, 0.2) is 0 Å². The Labute approximate surface area is 128 Å². The number of carbonyl (C=O) groups is 1. The first-order chi connectivity index (χ1) is 9.97. The zero-order valence-electron chi connectivity index (χ0n) is 13.7. The Balaban J connectivity index is 1.69. The van der Waals surface area contributed by atoms with Crippen LogP contribution in [0.2, 0.25) is 0 Å². The smallest absolute Gasteiger partial charge is 0.219 e. The van der Waals surface area contributed by atoms with Crippen LogP contribution in [0.5, 0.6) is 0 Å². The van der Waals surface area contributed by atoms with Gasteiger partial charge in [-0.05, 0) is 26.7 Å². The van der Waals surface area contributed by atoms with Gasteiger partial charge in [-0.2, -0.15) is 0 Å². The third-order valence-corrected chi connectivity index (χ3v) is 5.45. The lowest BCUT2D eigenvalue weighted by Gasteiger charge is -2.56. The molecule has 0 N–H and O–H groups in total. The van der Waals surface area contributed by atoms with Gasteiger partial charge in [0.1, 0.15) is 0 Å². The molecule has 3 rings (SSSR count). The Morgan fingerprint density at radius 3 is 2.48 bits per heavy atom. The monoisotopic (exact) mass is 295 g/mol. The first-order valence-electron chi connectivity index (χ1n) is 8.31. The molecule has 1 atom stereocenters. The summed E-state index contributed by atoms with van der Waals surface area (Å²) in [6, 6.07) is 1.16. The fourth-order valence-corrected chi connectivity index (χ4v) is 4.33. The maximum Gasteiger partial charge on any atom is 0.219 e. The summed E-state index contributed by atoms with van der Waals surface area (Å²) in [7, 11) is 0. The topological polar surface area (TPSA) is 36.0 Å². The number of fused-ring (bicyclic) bond motifs is 1. The number of hydrogen-bond donors (Lipinski definition) is 0. The van der Waals surface area contributed by atoms with Crippen molar-refractivity contribution in [3.8, 4) is 0 Å². The van der Waals surface area contributed by atoms with E-state index < -0.39 is 0 Å². The summed E-state index contributed by atoms with van der Waals surface area (Å²) in [5.41, 5.74) is 0.0936. The Morgan fingerprint density at radius 2 is 1.81 bits per heavy atom. The lowest BCUT2D eigenvalue weighted by atomic mass is 9.91. The van der Waals surface area contributed by atoms with E-state index in [9.17, 15) is 4.79 Å². The van der Waals surface area contributed by atoms with Gasteiger partial charge in [-0.15, -0.1) is 0 Å². The van der Waals surface area contributed by atoms with E-state index in [1.807, 2.05) is 4.90 Å². The number of piperazine rings is 2. The highest BCUT2D eigenvalue weighted by Gasteiger charge is 2.44. The largest absolute Gasteiger partial charge is 0.381 e. The second-order valence-corrected chi connectivity index (χ2v) is 7.40.